The van der Waals surface area contributed by atoms with Crippen molar-refractivity contribution in [2.24, 2.45) is 17.8 Å². The van der Waals surface area contributed by atoms with E-state index in [1.165, 1.54) is 0 Å². The second-order valence-electron chi connectivity index (χ2n) is 3.90. The molecule has 0 aromatic carbocycles. The van der Waals surface area contributed by atoms with E-state index < -0.39 is 0 Å². The van der Waals surface area contributed by atoms with Gasteiger partial charge in [0, 0.05) is 0 Å². The fraction of sp³-hybridized carbons (Fsp3) is 0.900. The summed E-state index contributed by atoms with van der Waals surface area (Å²) in [6.07, 6.45) is 0.0277. The smallest absolute Gasteiger partial charge is 0.293 e. The predicted octanol–water partition coefficient (Wildman–Crippen LogP) is 2.48. The van der Waals surface area contributed by atoms with Crippen molar-refractivity contribution in [2.45, 2.75) is 40.7 Å². The standard InChI is InChI=1S/C10H20O2/c1-7(2)8(3)9(4)10(5)12-6-11/h6-10H,1-5H3. The normalized spacial score (nSPS) is 18.5. The molecule has 72 valence electrons. The lowest BCUT2D eigenvalue weighted by Crippen LogP contribution is -2.26. The Labute approximate surface area is 75.3 Å². The van der Waals surface area contributed by atoms with E-state index in [2.05, 4.69) is 27.7 Å². The van der Waals surface area contributed by atoms with Crippen molar-refractivity contribution in [3.8, 4) is 0 Å². The fourth-order valence-electron chi connectivity index (χ4n) is 1.25. The van der Waals surface area contributed by atoms with Gasteiger partial charge in [0.25, 0.3) is 6.47 Å². The Morgan fingerprint density at radius 2 is 1.50 bits per heavy atom. The number of carbonyl (C=O) groups is 1. The molecule has 0 rings (SSSR count). The van der Waals surface area contributed by atoms with Crippen LogP contribution in [0.25, 0.3) is 0 Å². The van der Waals surface area contributed by atoms with E-state index in [1.807, 2.05) is 6.92 Å². The van der Waals surface area contributed by atoms with E-state index in [9.17, 15) is 4.79 Å². The number of rotatable bonds is 5. The van der Waals surface area contributed by atoms with E-state index in [0.29, 0.717) is 24.2 Å². The third kappa shape index (κ3) is 3.24. The molecule has 0 aliphatic carbocycles. The van der Waals surface area contributed by atoms with Crippen molar-refractivity contribution >= 4 is 6.47 Å². The van der Waals surface area contributed by atoms with Crippen LogP contribution in [0.5, 0.6) is 0 Å². The van der Waals surface area contributed by atoms with E-state index in [-0.39, 0.29) is 6.10 Å². The average Bonchev–Trinajstić information content (AvgIpc) is 2.02. The van der Waals surface area contributed by atoms with Gasteiger partial charge in [-0.25, -0.2) is 0 Å². The molecule has 0 aromatic rings. The van der Waals surface area contributed by atoms with Gasteiger partial charge in [0.2, 0.25) is 0 Å². The maximum Gasteiger partial charge on any atom is 0.293 e. The molecular weight excluding hydrogens is 152 g/mol. The molecule has 0 aliphatic rings. The molecule has 0 spiro atoms. The molecule has 0 N–H and O–H groups in total. The minimum absolute atomic E-state index is 0.0277. The van der Waals surface area contributed by atoms with Gasteiger partial charge in [-0.15, -0.1) is 0 Å². The number of carbonyl (C=O) groups excluding carboxylic acids is 1. The maximum atomic E-state index is 10.1. The zero-order valence-electron chi connectivity index (χ0n) is 8.70. The summed E-state index contributed by atoms with van der Waals surface area (Å²) in [6.45, 7) is 11.2. The highest BCUT2D eigenvalue weighted by atomic mass is 16.5. The third-order valence-corrected chi connectivity index (χ3v) is 2.89. The van der Waals surface area contributed by atoms with Crippen LogP contribution in [-0.2, 0) is 9.53 Å². The van der Waals surface area contributed by atoms with Gasteiger partial charge in [0.1, 0.15) is 6.10 Å². The molecular formula is C10H20O2. The molecule has 0 saturated heterocycles. The van der Waals surface area contributed by atoms with Crippen LogP contribution in [-0.4, -0.2) is 12.6 Å². The lowest BCUT2D eigenvalue weighted by molar-refractivity contribution is -0.136. The highest BCUT2D eigenvalue weighted by molar-refractivity contribution is 5.37. The Bertz CT molecular complexity index is 132. The number of hydrogen-bond acceptors (Lipinski definition) is 2. The van der Waals surface area contributed by atoms with E-state index >= 15 is 0 Å². The first-order valence-corrected chi connectivity index (χ1v) is 4.59. The maximum absolute atomic E-state index is 10.1. The molecule has 0 radical (unpaired) electrons. The van der Waals surface area contributed by atoms with Gasteiger partial charge in [-0.05, 0) is 24.7 Å². The molecule has 2 nitrogen and oxygen atoms in total. The van der Waals surface area contributed by atoms with Crippen LogP contribution in [0.15, 0.2) is 0 Å². The number of ether oxygens (including phenoxy) is 1. The Hall–Kier alpha value is -0.530. The fourth-order valence-corrected chi connectivity index (χ4v) is 1.25. The zero-order valence-corrected chi connectivity index (χ0v) is 8.70. The summed E-state index contributed by atoms with van der Waals surface area (Å²) in [6, 6.07) is 0. The van der Waals surface area contributed by atoms with Crippen LogP contribution in [0.1, 0.15) is 34.6 Å². The summed E-state index contributed by atoms with van der Waals surface area (Å²) in [5.74, 6) is 1.65. The number of hydrogen-bond donors (Lipinski definition) is 0. The van der Waals surface area contributed by atoms with Gasteiger partial charge >= 0.3 is 0 Å². The van der Waals surface area contributed by atoms with Crippen LogP contribution in [0.4, 0.5) is 0 Å². The van der Waals surface area contributed by atoms with E-state index in [0.717, 1.165) is 0 Å². The molecule has 2 heteroatoms. The van der Waals surface area contributed by atoms with E-state index in [4.69, 9.17) is 4.74 Å². The monoisotopic (exact) mass is 172 g/mol. The Morgan fingerprint density at radius 1 is 1.00 bits per heavy atom. The zero-order chi connectivity index (χ0) is 9.72. The van der Waals surface area contributed by atoms with Crippen molar-refractivity contribution < 1.29 is 9.53 Å². The summed E-state index contributed by atoms with van der Waals surface area (Å²) < 4.78 is 4.89. The van der Waals surface area contributed by atoms with Crippen molar-refractivity contribution in [2.75, 3.05) is 0 Å². The van der Waals surface area contributed by atoms with Crippen molar-refractivity contribution in [3.63, 3.8) is 0 Å². The van der Waals surface area contributed by atoms with Crippen molar-refractivity contribution in [3.05, 3.63) is 0 Å². The molecule has 3 unspecified atom stereocenters. The summed E-state index contributed by atoms with van der Waals surface area (Å²) in [5, 5.41) is 0. The Morgan fingerprint density at radius 3 is 1.83 bits per heavy atom. The Balaban J connectivity index is 3.98. The van der Waals surface area contributed by atoms with Crippen LogP contribution in [0.2, 0.25) is 0 Å². The van der Waals surface area contributed by atoms with Gasteiger partial charge < -0.3 is 4.74 Å². The minimum Gasteiger partial charge on any atom is -0.465 e. The highest BCUT2D eigenvalue weighted by Crippen LogP contribution is 2.23. The molecule has 0 saturated carbocycles. The van der Waals surface area contributed by atoms with Gasteiger partial charge in [0.05, 0.1) is 0 Å². The molecule has 0 bridgehead atoms. The minimum atomic E-state index is 0.0277. The molecule has 3 atom stereocenters. The molecule has 0 aliphatic heterocycles. The molecule has 0 amide bonds. The van der Waals surface area contributed by atoms with Crippen molar-refractivity contribution in [1.82, 2.24) is 0 Å². The Kier molecular flexibility index (Phi) is 4.95. The van der Waals surface area contributed by atoms with Crippen LogP contribution >= 0.6 is 0 Å². The lowest BCUT2D eigenvalue weighted by atomic mass is 9.83. The van der Waals surface area contributed by atoms with Crippen LogP contribution in [0, 0.1) is 17.8 Å². The van der Waals surface area contributed by atoms with Gasteiger partial charge in [0.15, 0.2) is 0 Å². The summed E-state index contributed by atoms with van der Waals surface area (Å²) in [5.41, 5.74) is 0. The summed E-state index contributed by atoms with van der Waals surface area (Å²) in [4.78, 5) is 10.1. The SMILES string of the molecule is CC(C)C(C)C(C)C(C)OC=O. The highest BCUT2D eigenvalue weighted by Gasteiger charge is 2.22. The molecule has 0 aromatic heterocycles. The van der Waals surface area contributed by atoms with Gasteiger partial charge in [-0.2, -0.15) is 0 Å². The second-order valence-corrected chi connectivity index (χ2v) is 3.90. The van der Waals surface area contributed by atoms with Crippen LogP contribution in [0.3, 0.4) is 0 Å². The van der Waals surface area contributed by atoms with Crippen LogP contribution < -0.4 is 0 Å². The topological polar surface area (TPSA) is 26.3 Å². The second kappa shape index (κ2) is 5.18. The van der Waals surface area contributed by atoms with Gasteiger partial charge in [-0.3, -0.25) is 4.79 Å². The summed E-state index contributed by atoms with van der Waals surface area (Å²) >= 11 is 0. The summed E-state index contributed by atoms with van der Waals surface area (Å²) in [7, 11) is 0. The quantitative estimate of drug-likeness (QED) is 0.595. The largest absolute Gasteiger partial charge is 0.465 e. The third-order valence-electron chi connectivity index (χ3n) is 2.89. The molecule has 12 heavy (non-hydrogen) atoms. The first-order valence-electron chi connectivity index (χ1n) is 4.59. The molecule has 0 fully saturated rings. The lowest BCUT2D eigenvalue weighted by Gasteiger charge is -2.27. The first kappa shape index (κ1) is 11.5. The molecule has 0 heterocycles. The van der Waals surface area contributed by atoms with Gasteiger partial charge in [-0.1, -0.05) is 27.7 Å². The van der Waals surface area contributed by atoms with E-state index in [1.54, 1.807) is 0 Å². The average molecular weight is 172 g/mol. The first-order chi connectivity index (χ1) is 5.50. The predicted molar refractivity (Wildman–Crippen MR) is 49.8 cm³/mol. The van der Waals surface area contributed by atoms with Crippen molar-refractivity contribution in [1.29, 1.82) is 0 Å².